The number of rotatable bonds is 3. The molecule has 110 valence electrons. The SMILES string of the molecule is CC(NC(=O)C1CCCC1N)C1CC2CCC1C2.Cl. The summed E-state index contributed by atoms with van der Waals surface area (Å²) in [7, 11) is 0. The molecule has 3 saturated carbocycles. The molecular weight excluding hydrogens is 260 g/mol. The first-order valence-electron chi connectivity index (χ1n) is 7.71. The maximum Gasteiger partial charge on any atom is 0.224 e. The minimum atomic E-state index is 0. The van der Waals surface area contributed by atoms with Crippen LogP contribution in [0.4, 0.5) is 0 Å². The summed E-state index contributed by atoms with van der Waals surface area (Å²) < 4.78 is 0. The average Bonchev–Trinajstić information content (AvgIpc) is 3.03. The number of fused-ring (bicyclic) bond motifs is 2. The fraction of sp³-hybridized carbons (Fsp3) is 0.933. The van der Waals surface area contributed by atoms with Crippen molar-refractivity contribution in [1.29, 1.82) is 0 Å². The zero-order valence-electron chi connectivity index (χ0n) is 11.8. The molecule has 3 aliphatic rings. The Hall–Kier alpha value is -0.280. The van der Waals surface area contributed by atoms with E-state index in [1.165, 1.54) is 25.7 Å². The number of amides is 1. The summed E-state index contributed by atoms with van der Waals surface area (Å²) >= 11 is 0. The van der Waals surface area contributed by atoms with Gasteiger partial charge in [0.2, 0.25) is 5.91 Å². The summed E-state index contributed by atoms with van der Waals surface area (Å²) in [6, 6.07) is 0.442. The number of carbonyl (C=O) groups is 1. The van der Waals surface area contributed by atoms with Crippen LogP contribution in [0.1, 0.15) is 51.9 Å². The highest BCUT2D eigenvalue weighted by molar-refractivity contribution is 5.85. The largest absolute Gasteiger partial charge is 0.353 e. The molecule has 4 heteroatoms. The number of carbonyl (C=O) groups excluding carboxylic acids is 1. The van der Waals surface area contributed by atoms with Crippen LogP contribution in [0.3, 0.4) is 0 Å². The number of nitrogens with two attached hydrogens (primary N) is 1. The predicted octanol–water partition coefficient (Wildman–Crippen LogP) is 2.48. The molecular formula is C15H27ClN2O. The van der Waals surface area contributed by atoms with Gasteiger partial charge in [0.1, 0.15) is 0 Å². The molecule has 6 unspecified atom stereocenters. The maximum absolute atomic E-state index is 12.2. The highest BCUT2D eigenvalue weighted by Crippen LogP contribution is 2.49. The molecule has 19 heavy (non-hydrogen) atoms. The average molecular weight is 287 g/mol. The highest BCUT2D eigenvalue weighted by atomic mass is 35.5. The Labute approximate surface area is 122 Å². The predicted molar refractivity (Wildman–Crippen MR) is 79.1 cm³/mol. The van der Waals surface area contributed by atoms with Gasteiger partial charge in [0, 0.05) is 12.1 Å². The third kappa shape index (κ3) is 2.92. The topological polar surface area (TPSA) is 55.1 Å². The van der Waals surface area contributed by atoms with Gasteiger partial charge in [-0.2, -0.15) is 0 Å². The van der Waals surface area contributed by atoms with Crippen molar-refractivity contribution in [3.8, 4) is 0 Å². The van der Waals surface area contributed by atoms with E-state index in [0.29, 0.717) is 6.04 Å². The van der Waals surface area contributed by atoms with Gasteiger partial charge < -0.3 is 11.1 Å². The Kier molecular flexibility index (Phi) is 4.78. The molecule has 6 atom stereocenters. The standard InChI is InChI=1S/C15H26N2O.ClH/c1-9(13-8-10-5-6-11(13)7-10)17-15(18)12-3-2-4-14(12)16;/h9-14H,2-8,16H2,1H3,(H,17,18);1H. The van der Waals surface area contributed by atoms with E-state index in [4.69, 9.17) is 5.73 Å². The summed E-state index contributed by atoms with van der Waals surface area (Å²) in [5.74, 6) is 2.85. The normalized spacial score (nSPS) is 41.9. The number of hydrogen-bond acceptors (Lipinski definition) is 2. The van der Waals surface area contributed by atoms with Gasteiger partial charge in [0.25, 0.3) is 0 Å². The molecule has 3 aliphatic carbocycles. The molecule has 0 radical (unpaired) electrons. The third-order valence-electron chi connectivity index (χ3n) is 5.71. The molecule has 1 amide bonds. The van der Waals surface area contributed by atoms with Gasteiger partial charge >= 0.3 is 0 Å². The molecule has 0 aromatic heterocycles. The van der Waals surface area contributed by atoms with E-state index >= 15 is 0 Å². The first kappa shape index (κ1) is 15.1. The summed E-state index contributed by atoms with van der Waals surface area (Å²) in [6.07, 6.45) is 8.67. The van der Waals surface area contributed by atoms with Crippen molar-refractivity contribution in [2.24, 2.45) is 29.4 Å². The molecule has 3 nitrogen and oxygen atoms in total. The van der Waals surface area contributed by atoms with E-state index in [0.717, 1.165) is 37.0 Å². The lowest BCUT2D eigenvalue weighted by Gasteiger charge is -2.29. The minimum absolute atomic E-state index is 0. The third-order valence-corrected chi connectivity index (χ3v) is 5.71. The lowest BCUT2D eigenvalue weighted by atomic mass is 9.83. The Bertz CT molecular complexity index is 336. The van der Waals surface area contributed by atoms with Crippen molar-refractivity contribution in [3.63, 3.8) is 0 Å². The lowest BCUT2D eigenvalue weighted by Crippen LogP contribution is -2.45. The zero-order chi connectivity index (χ0) is 12.7. The molecule has 0 heterocycles. The van der Waals surface area contributed by atoms with Crippen molar-refractivity contribution in [3.05, 3.63) is 0 Å². The fourth-order valence-electron chi connectivity index (χ4n) is 4.66. The Morgan fingerprint density at radius 3 is 2.53 bits per heavy atom. The Balaban J connectivity index is 0.00000133. The molecule has 0 aromatic rings. The van der Waals surface area contributed by atoms with E-state index in [1.807, 2.05) is 0 Å². The summed E-state index contributed by atoms with van der Waals surface area (Å²) in [5.41, 5.74) is 6.01. The second-order valence-electron chi connectivity index (χ2n) is 6.84. The first-order valence-corrected chi connectivity index (χ1v) is 7.71. The van der Waals surface area contributed by atoms with Gasteiger partial charge in [0.05, 0.1) is 5.92 Å². The summed E-state index contributed by atoms with van der Waals surface area (Å²) in [5, 5.41) is 3.26. The molecule has 3 fully saturated rings. The van der Waals surface area contributed by atoms with Crippen LogP contribution in [-0.2, 0) is 4.79 Å². The van der Waals surface area contributed by atoms with Gasteiger partial charge in [-0.05, 0) is 56.8 Å². The lowest BCUT2D eigenvalue weighted by molar-refractivity contribution is -0.126. The molecule has 0 spiro atoms. The van der Waals surface area contributed by atoms with Crippen molar-refractivity contribution < 1.29 is 4.79 Å². The molecule has 2 bridgehead atoms. The van der Waals surface area contributed by atoms with Gasteiger partial charge in [0.15, 0.2) is 0 Å². The van der Waals surface area contributed by atoms with Crippen molar-refractivity contribution in [2.75, 3.05) is 0 Å². The van der Waals surface area contributed by atoms with Crippen LogP contribution in [0, 0.1) is 23.7 Å². The first-order chi connectivity index (χ1) is 8.65. The van der Waals surface area contributed by atoms with E-state index in [-0.39, 0.29) is 30.3 Å². The second-order valence-corrected chi connectivity index (χ2v) is 6.84. The van der Waals surface area contributed by atoms with E-state index < -0.39 is 0 Å². The van der Waals surface area contributed by atoms with E-state index in [1.54, 1.807) is 0 Å². The summed E-state index contributed by atoms with van der Waals surface area (Å²) in [6.45, 7) is 2.20. The number of hydrogen-bond donors (Lipinski definition) is 2. The molecule has 0 aromatic carbocycles. The number of halogens is 1. The Morgan fingerprint density at radius 2 is 2.00 bits per heavy atom. The smallest absolute Gasteiger partial charge is 0.224 e. The number of nitrogens with one attached hydrogen (secondary N) is 1. The minimum Gasteiger partial charge on any atom is -0.353 e. The van der Waals surface area contributed by atoms with Crippen LogP contribution in [0.2, 0.25) is 0 Å². The fourth-order valence-corrected chi connectivity index (χ4v) is 4.66. The quantitative estimate of drug-likeness (QED) is 0.837. The van der Waals surface area contributed by atoms with Gasteiger partial charge in [-0.15, -0.1) is 12.4 Å². The zero-order valence-corrected chi connectivity index (χ0v) is 12.6. The van der Waals surface area contributed by atoms with Crippen LogP contribution in [0.15, 0.2) is 0 Å². The van der Waals surface area contributed by atoms with E-state index in [2.05, 4.69) is 12.2 Å². The van der Waals surface area contributed by atoms with Gasteiger partial charge in [-0.3, -0.25) is 4.79 Å². The maximum atomic E-state index is 12.2. The van der Waals surface area contributed by atoms with E-state index in [9.17, 15) is 4.79 Å². The van der Waals surface area contributed by atoms with Crippen LogP contribution in [-0.4, -0.2) is 18.0 Å². The van der Waals surface area contributed by atoms with Crippen LogP contribution in [0.5, 0.6) is 0 Å². The van der Waals surface area contributed by atoms with Crippen molar-refractivity contribution in [1.82, 2.24) is 5.32 Å². The van der Waals surface area contributed by atoms with Crippen LogP contribution < -0.4 is 11.1 Å². The molecule has 3 rings (SSSR count). The monoisotopic (exact) mass is 286 g/mol. The Morgan fingerprint density at radius 1 is 1.21 bits per heavy atom. The molecule has 0 saturated heterocycles. The van der Waals surface area contributed by atoms with Gasteiger partial charge in [-0.25, -0.2) is 0 Å². The van der Waals surface area contributed by atoms with Crippen LogP contribution in [0.25, 0.3) is 0 Å². The second kappa shape index (κ2) is 6.01. The van der Waals surface area contributed by atoms with Crippen LogP contribution >= 0.6 is 12.4 Å². The molecule has 0 aliphatic heterocycles. The molecule has 3 N–H and O–H groups in total. The highest BCUT2D eigenvalue weighted by Gasteiger charge is 2.42. The van der Waals surface area contributed by atoms with Crippen molar-refractivity contribution >= 4 is 18.3 Å². The van der Waals surface area contributed by atoms with Gasteiger partial charge in [-0.1, -0.05) is 12.8 Å². The van der Waals surface area contributed by atoms with Crippen molar-refractivity contribution in [2.45, 2.75) is 64.0 Å². The summed E-state index contributed by atoms with van der Waals surface area (Å²) in [4.78, 5) is 12.2.